The number of Topliss-reactive ketones (excluding diaryl/α,β-unsaturated/α-hetero) is 1. The second-order valence-corrected chi connectivity index (χ2v) is 5.54. The summed E-state index contributed by atoms with van der Waals surface area (Å²) in [5.41, 5.74) is 6.89. The van der Waals surface area contributed by atoms with Gasteiger partial charge >= 0.3 is 0 Å². The van der Waals surface area contributed by atoms with Gasteiger partial charge in [-0.1, -0.05) is 18.2 Å². The SMILES string of the molecule is COc1ccc(C(N)=O)cc1C(=O)Cc1ccccc1SC. The Balaban J connectivity index is 2.36. The fraction of sp³-hybridized carbons (Fsp3) is 0.176. The van der Waals surface area contributed by atoms with E-state index >= 15 is 0 Å². The molecule has 2 N–H and O–H groups in total. The lowest BCUT2D eigenvalue weighted by molar-refractivity contribution is 0.0989. The first-order valence-electron chi connectivity index (χ1n) is 6.69. The lowest BCUT2D eigenvalue weighted by Crippen LogP contribution is -2.13. The lowest BCUT2D eigenvalue weighted by Gasteiger charge is -2.10. The molecule has 0 radical (unpaired) electrons. The van der Waals surface area contributed by atoms with Crippen LogP contribution in [0.5, 0.6) is 5.75 Å². The molecule has 0 aromatic heterocycles. The van der Waals surface area contributed by atoms with Crippen molar-refractivity contribution >= 4 is 23.5 Å². The molecule has 2 aromatic rings. The van der Waals surface area contributed by atoms with Gasteiger partial charge in [-0.15, -0.1) is 11.8 Å². The highest BCUT2D eigenvalue weighted by molar-refractivity contribution is 7.98. The molecule has 1 amide bonds. The smallest absolute Gasteiger partial charge is 0.248 e. The van der Waals surface area contributed by atoms with Crippen LogP contribution in [0, 0.1) is 0 Å². The Morgan fingerprint density at radius 1 is 1.18 bits per heavy atom. The number of primary amides is 1. The monoisotopic (exact) mass is 315 g/mol. The van der Waals surface area contributed by atoms with Crippen LogP contribution < -0.4 is 10.5 Å². The molecular formula is C17H17NO3S. The number of benzene rings is 2. The molecular weight excluding hydrogens is 298 g/mol. The van der Waals surface area contributed by atoms with Crippen LogP contribution in [0.4, 0.5) is 0 Å². The molecule has 2 aromatic carbocycles. The fourth-order valence-electron chi connectivity index (χ4n) is 2.20. The number of hydrogen-bond acceptors (Lipinski definition) is 4. The summed E-state index contributed by atoms with van der Waals surface area (Å²) in [5, 5.41) is 0. The molecule has 0 saturated carbocycles. The van der Waals surface area contributed by atoms with Crippen molar-refractivity contribution in [2.75, 3.05) is 13.4 Å². The van der Waals surface area contributed by atoms with E-state index in [4.69, 9.17) is 10.5 Å². The van der Waals surface area contributed by atoms with Crippen molar-refractivity contribution in [2.24, 2.45) is 5.73 Å². The molecule has 0 heterocycles. The van der Waals surface area contributed by atoms with Crippen LogP contribution in [-0.4, -0.2) is 25.1 Å². The third kappa shape index (κ3) is 3.49. The fourth-order valence-corrected chi connectivity index (χ4v) is 2.81. The molecule has 0 atom stereocenters. The lowest BCUT2D eigenvalue weighted by atomic mass is 10.00. The van der Waals surface area contributed by atoms with Gasteiger partial charge in [0.1, 0.15) is 5.75 Å². The van der Waals surface area contributed by atoms with Crippen molar-refractivity contribution in [3.05, 3.63) is 59.2 Å². The number of carbonyl (C=O) groups excluding carboxylic acids is 2. The van der Waals surface area contributed by atoms with Crippen LogP contribution in [0.2, 0.25) is 0 Å². The minimum absolute atomic E-state index is 0.110. The molecule has 0 aliphatic rings. The van der Waals surface area contributed by atoms with E-state index in [1.54, 1.807) is 23.9 Å². The average Bonchev–Trinajstić information content (AvgIpc) is 2.54. The van der Waals surface area contributed by atoms with Crippen LogP contribution in [0.25, 0.3) is 0 Å². The Morgan fingerprint density at radius 2 is 1.91 bits per heavy atom. The standard InChI is InChI=1S/C17H17NO3S/c1-21-15-8-7-12(17(18)20)9-13(15)14(19)10-11-5-3-4-6-16(11)22-2/h3-9H,10H2,1-2H3,(H2,18,20). The maximum Gasteiger partial charge on any atom is 0.248 e. The first-order chi connectivity index (χ1) is 10.6. The highest BCUT2D eigenvalue weighted by atomic mass is 32.2. The number of ketones is 1. The highest BCUT2D eigenvalue weighted by Crippen LogP contribution is 2.25. The summed E-state index contributed by atoms with van der Waals surface area (Å²) in [6, 6.07) is 12.4. The number of hydrogen-bond donors (Lipinski definition) is 1. The molecule has 5 heteroatoms. The number of ether oxygens (including phenoxy) is 1. The highest BCUT2D eigenvalue weighted by Gasteiger charge is 2.16. The zero-order chi connectivity index (χ0) is 16.1. The summed E-state index contributed by atoms with van der Waals surface area (Å²) in [7, 11) is 1.49. The predicted octanol–water partition coefficient (Wildman–Crippen LogP) is 2.94. The van der Waals surface area contributed by atoms with Crippen LogP contribution in [-0.2, 0) is 6.42 Å². The molecule has 0 aliphatic carbocycles. The molecule has 0 fully saturated rings. The number of thioether (sulfide) groups is 1. The van der Waals surface area contributed by atoms with Crippen molar-refractivity contribution in [1.82, 2.24) is 0 Å². The molecule has 0 spiro atoms. The Bertz CT molecular complexity index is 713. The maximum atomic E-state index is 12.6. The van der Waals surface area contributed by atoms with E-state index in [0.717, 1.165) is 10.5 Å². The molecule has 114 valence electrons. The zero-order valence-corrected chi connectivity index (χ0v) is 13.3. The van der Waals surface area contributed by atoms with Gasteiger partial charge < -0.3 is 10.5 Å². The van der Waals surface area contributed by atoms with Crippen molar-refractivity contribution < 1.29 is 14.3 Å². The van der Waals surface area contributed by atoms with Gasteiger partial charge in [-0.25, -0.2) is 0 Å². The molecule has 0 bridgehead atoms. The van der Waals surface area contributed by atoms with Gasteiger partial charge in [-0.05, 0) is 36.1 Å². The summed E-state index contributed by atoms with van der Waals surface area (Å²) in [6.07, 6.45) is 2.22. The normalized spacial score (nSPS) is 10.3. The Kier molecular flexibility index (Phi) is 5.22. The van der Waals surface area contributed by atoms with E-state index in [9.17, 15) is 9.59 Å². The Hall–Kier alpha value is -2.27. The van der Waals surface area contributed by atoms with Crippen molar-refractivity contribution in [3.8, 4) is 5.75 Å². The number of methoxy groups -OCH3 is 1. The third-order valence-corrected chi connectivity index (χ3v) is 4.17. The summed E-state index contributed by atoms with van der Waals surface area (Å²) in [6.45, 7) is 0. The van der Waals surface area contributed by atoms with E-state index in [-0.39, 0.29) is 12.2 Å². The van der Waals surface area contributed by atoms with E-state index in [1.165, 1.54) is 13.2 Å². The molecule has 0 saturated heterocycles. The summed E-state index contributed by atoms with van der Waals surface area (Å²) >= 11 is 1.59. The largest absolute Gasteiger partial charge is 0.496 e. The summed E-state index contributed by atoms with van der Waals surface area (Å²) in [4.78, 5) is 25.0. The number of nitrogens with two attached hydrogens (primary N) is 1. The summed E-state index contributed by atoms with van der Waals surface area (Å²) in [5.74, 6) is -0.237. The van der Waals surface area contributed by atoms with Crippen LogP contribution >= 0.6 is 11.8 Å². The maximum absolute atomic E-state index is 12.6. The van der Waals surface area contributed by atoms with E-state index in [0.29, 0.717) is 16.9 Å². The molecule has 0 aliphatic heterocycles. The molecule has 22 heavy (non-hydrogen) atoms. The molecule has 2 rings (SSSR count). The van der Waals surface area contributed by atoms with Crippen LogP contribution in [0.3, 0.4) is 0 Å². The van der Waals surface area contributed by atoms with Crippen molar-refractivity contribution in [3.63, 3.8) is 0 Å². The summed E-state index contributed by atoms with van der Waals surface area (Å²) < 4.78 is 5.22. The quantitative estimate of drug-likeness (QED) is 0.657. The Labute approximate surface area is 133 Å². The van der Waals surface area contributed by atoms with Crippen molar-refractivity contribution in [2.45, 2.75) is 11.3 Å². The van der Waals surface area contributed by atoms with Crippen LogP contribution in [0.1, 0.15) is 26.3 Å². The third-order valence-electron chi connectivity index (χ3n) is 3.33. The van der Waals surface area contributed by atoms with E-state index in [2.05, 4.69) is 0 Å². The van der Waals surface area contributed by atoms with E-state index in [1.807, 2.05) is 30.5 Å². The Morgan fingerprint density at radius 3 is 2.55 bits per heavy atom. The van der Waals surface area contributed by atoms with E-state index < -0.39 is 5.91 Å². The predicted molar refractivity (Wildman–Crippen MR) is 87.8 cm³/mol. The first kappa shape index (κ1) is 16.1. The number of rotatable bonds is 6. The van der Waals surface area contributed by atoms with Crippen molar-refractivity contribution in [1.29, 1.82) is 0 Å². The van der Waals surface area contributed by atoms with Gasteiger partial charge in [0, 0.05) is 16.9 Å². The first-order valence-corrected chi connectivity index (χ1v) is 7.92. The second-order valence-electron chi connectivity index (χ2n) is 4.69. The van der Waals surface area contributed by atoms with Gasteiger partial charge in [0.25, 0.3) is 0 Å². The van der Waals surface area contributed by atoms with Gasteiger partial charge in [0.2, 0.25) is 5.91 Å². The molecule has 0 unspecified atom stereocenters. The van der Waals surface area contributed by atoms with Gasteiger partial charge in [-0.3, -0.25) is 9.59 Å². The minimum Gasteiger partial charge on any atom is -0.496 e. The second kappa shape index (κ2) is 7.13. The number of amides is 1. The van der Waals surface area contributed by atoms with Crippen LogP contribution in [0.15, 0.2) is 47.4 Å². The molecule has 4 nitrogen and oxygen atoms in total. The zero-order valence-electron chi connectivity index (χ0n) is 12.5. The van der Waals surface area contributed by atoms with Gasteiger partial charge in [0.05, 0.1) is 12.7 Å². The number of carbonyl (C=O) groups is 2. The topological polar surface area (TPSA) is 69.4 Å². The minimum atomic E-state index is -0.568. The average molecular weight is 315 g/mol. The van der Waals surface area contributed by atoms with Gasteiger partial charge in [-0.2, -0.15) is 0 Å². The van der Waals surface area contributed by atoms with Gasteiger partial charge in [0.15, 0.2) is 5.78 Å².